The van der Waals surface area contributed by atoms with Crippen LogP contribution in [-0.4, -0.2) is 35.2 Å². The number of aliphatic carboxylic acids is 1. The maximum Gasteiger partial charge on any atom is 0.336 e. The van der Waals surface area contributed by atoms with Crippen LogP contribution >= 0.6 is 0 Å². The molecule has 1 amide bonds. The molecule has 2 heterocycles. The average molecular weight is 431 g/mol. The minimum atomic E-state index is -1.09. The molecule has 8 nitrogen and oxygen atoms in total. The summed E-state index contributed by atoms with van der Waals surface area (Å²) in [5.41, 5.74) is 1.01. The second-order valence-corrected chi connectivity index (χ2v) is 8.72. The lowest BCUT2D eigenvalue weighted by Crippen LogP contribution is -2.46. The fourth-order valence-electron chi connectivity index (χ4n) is 3.78. The molecule has 8 heteroatoms. The molecule has 2 aromatic rings. The van der Waals surface area contributed by atoms with Gasteiger partial charge in [0.2, 0.25) is 0 Å². The van der Waals surface area contributed by atoms with Crippen molar-refractivity contribution in [1.82, 2.24) is 5.32 Å². The van der Waals surface area contributed by atoms with Crippen LogP contribution in [0.1, 0.15) is 51.7 Å². The molecule has 168 valence electrons. The summed E-state index contributed by atoms with van der Waals surface area (Å²) in [6, 6.07) is 2.09. The van der Waals surface area contributed by atoms with Crippen molar-refractivity contribution in [3.05, 3.63) is 33.7 Å². The topological polar surface area (TPSA) is 115 Å². The maximum absolute atomic E-state index is 12.4. The molecule has 1 aromatic carbocycles. The number of rotatable bonds is 7. The Bertz CT molecular complexity index is 1070. The highest BCUT2D eigenvalue weighted by atomic mass is 16.5. The molecule has 1 aliphatic rings. The minimum Gasteiger partial charge on any atom is -0.487 e. The highest BCUT2D eigenvalue weighted by Crippen LogP contribution is 2.42. The SMILES string of the molecule is CC[C@@H](C)[C@H](NC(=O)COc1cc2c(c3oc(=O)cc(C)c13)CCC(C)(C)O2)C(=O)O. The first kappa shape index (κ1) is 22.7. The molecule has 0 fully saturated rings. The number of carbonyl (C=O) groups is 2. The van der Waals surface area contributed by atoms with Crippen LogP contribution in [0.25, 0.3) is 11.0 Å². The third kappa shape index (κ3) is 4.84. The second-order valence-electron chi connectivity index (χ2n) is 8.72. The van der Waals surface area contributed by atoms with E-state index in [0.29, 0.717) is 40.9 Å². The monoisotopic (exact) mass is 431 g/mol. The van der Waals surface area contributed by atoms with Gasteiger partial charge in [-0.15, -0.1) is 0 Å². The summed E-state index contributed by atoms with van der Waals surface area (Å²) in [6.45, 7) is 8.97. The number of hydrogen-bond acceptors (Lipinski definition) is 6. The number of ether oxygens (including phenoxy) is 2. The molecular formula is C23H29NO7. The van der Waals surface area contributed by atoms with Gasteiger partial charge in [0, 0.05) is 17.7 Å². The van der Waals surface area contributed by atoms with Gasteiger partial charge >= 0.3 is 11.6 Å². The number of carbonyl (C=O) groups excluding carboxylic acids is 1. The molecule has 1 aliphatic heterocycles. The van der Waals surface area contributed by atoms with Crippen molar-refractivity contribution in [3.63, 3.8) is 0 Å². The molecule has 2 N–H and O–H groups in total. The van der Waals surface area contributed by atoms with E-state index in [1.54, 1.807) is 19.9 Å². The number of benzene rings is 1. The summed E-state index contributed by atoms with van der Waals surface area (Å²) in [7, 11) is 0. The van der Waals surface area contributed by atoms with Gasteiger partial charge in [0.15, 0.2) is 6.61 Å². The van der Waals surface area contributed by atoms with Crippen molar-refractivity contribution in [3.8, 4) is 11.5 Å². The van der Waals surface area contributed by atoms with Crippen LogP contribution in [0.5, 0.6) is 11.5 Å². The lowest BCUT2D eigenvalue weighted by molar-refractivity contribution is -0.143. The third-order valence-corrected chi connectivity index (χ3v) is 5.76. The summed E-state index contributed by atoms with van der Waals surface area (Å²) < 4.78 is 17.4. The summed E-state index contributed by atoms with van der Waals surface area (Å²) in [6.07, 6.45) is 2.06. The largest absolute Gasteiger partial charge is 0.487 e. The summed E-state index contributed by atoms with van der Waals surface area (Å²) in [5, 5.41) is 12.5. The zero-order valence-electron chi connectivity index (χ0n) is 18.5. The predicted molar refractivity (Wildman–Crippen MR) is 115 cm³/mol. The quantitative estimate of drug-likeness (QED) is 0.647. The summed E-state index contributed by atoms with van der Waals surface area (Å²) in [4.78, 5) is 35.9. The highest BCUT2D eigenvalue weighted by Gasteiger charge is 2.31. The zero-order valence-corrected chi connectivity index (χ0v) is 18.5. The van der Waals surface area contributed by atoms with Crippen LogP contribution in [0, 0.1) is 12.8 Å². The molecule has 0 aliphatic carbocycles. The van der Waals surface area contributed by atoms with Gasteiger partial charge in [0.1, 0.15) is 28.7 Å². The Morgan fingerprint density at radius 1 is 1.32 bits per heavy atom. The van der Waals surface area contributed by atoms with Gasteiger partial charge in [-0.2, -0.15) is 0 Å². The van der Waals surface area contributed by atoms with Crippen LogP contribution in [0.15, 0.2) is 21.3 Å². The Morgan fingerprint density at radius 2 is 2.03 bits per heavy atom. The standard InChI is InChI=1S/C23H29NO7/c1-6-12(2)20(22(27)28)24-17(25)11-29-16-10-15-14(7-8-23(4,5)31-15)21-19(16)13(3)9-18(26)30-21/h9-10,12,20H,6-8,11H2,1-5H3,(H,24,25)(H,27,28)/t12-,20+/m1/s1. The fourth-order valence-corrected chi connectivity index (χ4v) is 3.78. The van der Waals surface area contributed by atoms with Crippen LogP contribution in [0.4, 0.5) is 0 Å². The van der Waals surface area contributed by atoms with Gasteiger partial charge in [-0.05, 0) is 45.1 Å². The van der Waals surface area contributed by atoms with Crippen LogP contribution in [-0.2, 0) is 16.0 Å². The molecule has 0 saturated heterocycles. The third-order valence-electron chi connectivity index (χ3n) is 5.76. The number of hydrogen-bond donors (Lipinski definition) is 2. The number of amides is 1. The van der Waals surface area contributed by atoms with E-state index in [1.165, 1.54) is 6.07 Å². The molecule has 0 spiro atoms. The van der Waals surface area contributed by atoms with Crippen LogP contribution < -0.4 is 20.4 Å². The number of aryl methyl sites for hydroxylation is 2. The van der Waals surface area contributed by atoms with Crippen molar-refractivity contribution in [1.29, 1.82) is 0 Å². The normalized spacial score (nSPS) is 16.7. The Hall–Kier alpha value is -3.03. The lowest BCUT2D eigenvalue weighted by Gasteiger charge is -2.33. The highest BCUT2D eigenvalue weighted by molar-refractivity contribution is 5.92. The van der Waals surface area contributed by atoms with Gasteiger partial charge < -0.3 is 24.3 Å². The first-order chi connectivity index (χ1) is 14.5. The molecule has 0 bridgehead atoms. The second kappa shape index (κ2) is 8.61. The Morgan fingerprint density at radius 3 is 2.68 bits per heavy atom. The van der Waals surface area contributed by atoms with E-state index < -0.39 is 23.5 Å². The van der Waals surface area contributed by atoms with E-state index in [9.17, 15) is 19.5 Å². The van der Waals surface area contributed by atoms with Gasteiger partial charge in [-0.25, -0.2) is 9.59 Å². The molecule has 31 heavy (non-hydrogen) atoms. The van der Waals surface area contributed by atoms with E-state index >= 15 is 0 Å². The number of carboxylic acids is 1. The molecule has 2 atom stereocenters. The van der Waals surface area contributed by atoms with E-state index in [-0.39, 0.29) is 18.1 Å². The van der Waals surface area contributed by atoms with Gasteiger partial charge in [-0.1, -0.05) is 20.3 Å². The number of carboxylic acid groups (broad SMARTS) is 1. The molecule has 0 unspecified atom stereocenters. The Balaban J connectivity index is 1.92. The summed E-state index contributed by atoms with van der Waals surface area (Å²) in [5.74, 6) is -0.961. The van der Waals surface area contributed by atoms with E-state index in [2.05, 4.69) is 5.32 Å². The predicted octanol–water partition coefficient (Wildman–Crippen LogP) is 3.20. The van der Waals surface area contributed by atoms with Crippen molar-refractivity contribution in [2.75, 3.05) is 6.61 Å². The Kier molecular flexibility index (Phi) is 6.29. The molecule has 0 radical (unpaired) electrons. The minimum absolute atomic E-state index is 0.224. The average Bonchev–Trinajstić information content (AvgIpc) is 2.67. The van der Waals surface area contributed by atoms with Crippen molar-refractivity contribution in [2.45, 2.75) is 65.5 Å². The van der Waals surface area contributed by atoms with Gasteiger partial charge in [0.25, 0.3) is 5.91 Å². The first-order valence-corrected chi connectivity index (χ1v) is 10.5. The van der Waals surface area contributed by atoms with Crippen molar-refractivity contribution >= 4 is 22.8 Å². The molecule has 0 saturated carbocycles. The number of nitrogens with one attached hydrogen (secondary N) is 1. The van der Waals surface area contributed by atoms with E-state index in [1.807, 2.05) is 20.8 Å². The molecule has 3 rings (SSSR count). The number of fused-ring (bicyclic) bond motifs is 3. The van der Waals surface area contributed by atoms with Crippen molar-refractivity contribution < 1.29 is 28.6 Å². The van der Waals surface area contributed by atoms with Crippen molar-refractivity contribution in [2.24, 2.45) is 5.92 Å². The smallest absolute Gasteiger partial charge is 0.336 e. The first-order valence-electron chi connectivity index (χ1n) is 10.5. The summed E-state index contributed by atoms with van der Waals surface area (Å²) >= 11 is 0. The zero-order chi connectivity index (χ0) is 22.9. The molecular weight excluding hydrogens is 402 g/mol. The van der Waals surface area contributed by atoms with Gasteiger partial charge in [0.05, 0.1) is 5.39 Å². The van der Waals surface area contributed by atoms with Gasteiger partial charge in [-0.3, -0.25) is 4.79 Å². The fraction of sp³-hybridized carbons (Fsp3) is 0.522. The lowest BCUT2D eigenvalue weighted by atomic mass is 9.92. The van der Waals surface area contributed by atoms with E-state index in [4.69, 9.17) is 13.9 Å². The van der Waals surface area contributed by atoms with E-state index in [0.717, 1.165) is 12.0 Å². The Labute approximate surface area is 180 Å². The molecule has 1 aromatic heterocycles. The van der Waals surface area contributed by atoms with Crippen LogP contribution in [0.3, 0.4) is 0 Å². The van der Waals surface area contributed by atoms with Crippen LogP contribution in [0.2, 0.25) is 0 Å². The maximum atomic E-state index is 12.4.